The van der Waals surface area contributed by atoms with Gasteiger partial charge in [-0.2, -0.15) is 0 Å². The van der Waals surface area contributed by atoms with Crippen molar-refractivity contribution >= 4 is 23.3 Å². The van der Waals surface area contributed by atoms with Crippen LogP contribution in [0.15, 0.2) is 24.3 Å². The predicted octanol–water partition coefficient (Wildman–Crippen LogP) is 1.98. The molecule has 0 saturated carbocycles. The first-order valence-electron chi connectivity index (χ1n) is 6.11. The number of nitrogens with zero attached hydrogens (tertiary/aromatic N) is 1. The number of piperidine rings is 1. The van der Waals surface area contributed by atoms with Crippen molar-refractivity contribution in [2.24, 2.45) is 0 Å². The zero-order chi connectivity index (χ0) is 13.0. The molecule has 0 spiro atoms. The minimum atomic E-state index is -0.815. The van der Waals surface area contributed by atoms with Crippen LogP contribution in [0.2, 0.25) is 5.02 Å². The number of halogens is 1. The van der Waals surface area contributed by atoms with E-state index < -0.39 is 5.97 Å². The molecule has 0 radical (unpaired) electrons. The Balaban J connectivity index is 1.98. The highest BCUT2D eigenvalue weighted by molar-refractivity contribution is 6.33. The summed E-state index contributed by atoms with van der Waals surface area (Å²) in [5, 5.41) is 12.5. The molecule has 98 valence electrons. The molecule has 1 saturated heterocycles. The monoisotopic (exact) mass is 268 g/mol. The fourth-order valence-electron chi connectivity index (χ4n) is 2.30. The largest absolute Gasteiger partial charge is 0.480 e. The molecular formula is C13H17ClN2O2. The zero-order valence-corrected chi connectivity index (χ0v) is 10.9. The van der Waals surface area contributed by atoms with Crippen LogP contribution in [0.1, 0.15) is 12.8 Å². The molecule has 1 aromatic carbocycles. The molecule has 1 atom stereocenters. The highest BCUT2D eigenvalue weighted by Gasteiger charge is 2.21. The van der Waals surface area contributed by atoms with Crippen molar-refractivity contribution in [3.05, 3.63) is 29.3 Å². The molecule has 5 heteroatoms. The van der Waals surface area contributed by atoms with Gasteiger partial charge >= 0.3 is 5.97 Å². The standard InChI is InChI=1S/C13H17ClN2O2/c14-11-5-1-2-6-12(11)16-7-3-4-10(9-16)15-8-13(17)18/h1-2,5-6,10,15H,3-4,7-9H2,(H,17,18). The Morgan fingerprint density at radius 3 is 3.00 bits per heavy atom. The second kappa shape index (κ2) is 6.07. The highest BCUT2D eigenvalue weighted by Crippen LogP contribution is 2.27. The van der Waals surface area contributed by atoms with Gasteiger partial charge < -0.3 is 15.3 Å². The number of carbonyl (C=O) groups is 1. The van der Waals surface area contributed by atoms with Crippen LogP contribution in [0.3, 0.4) is 0 Å². The molecule has 1 fully saturated rings. The third-order valence-electron chi connectivity index (χ3n) is 3.16. The van der Waals surface area contributed by atoms with E-state index in [1.165, 1.54) is 0 Å². The molecular weight excluding hydrogens is 252 g/mol. The summed E-state index contributed by atoms with van der Waals surface area (Å²) >= 11 is 6.18. The highest BCUT2D eigenvalue weighted by atomic mass is 35.5. The maximum absolute atomic E-state index is 10.6. The number of rotatable bonds is 4. The molecule has 0 amide bonds. The maximum atomic E-state index is 10.6. The summed E-state index contributed by atoms with van der Waals surface area (Å²) in [5.41, 5.74) is 1.03. The van der Waals surface area contributed by atoms with E-state index in [2.05, 4.69) is 10.2 Å². The van der Waals surface area contributed by atoms with Crippen molar-refractivity contribution in [1.29, 1.82) is 0 Å². The first-order chi connectivity index (χ1) is 8.66. The zero-order valence-electron chi connectivity index (χ0n) is 10.1. The molecule has 2 rings (SSSR count). The van der Waals surface area contributed by atoms with Crippen LogP contribution in [0.5, 0.6) is 0 Å². The van der Waals surface area contributed by atoms with E-state index in [0.29, 0.717) is 0 Å². The van der Waals surface area contributed by atoms with Crippen LogP contribution < -0.4 is 10.2 Å². The quantitative estimate of drug-likeness (QED) is 0.877. The van der Waals surface area contributed by atoms with E-state index >= 15 is 0 Å². The molecule has 2 N–H and O–H groups in total. The van der Waals surface area contributed by atoms with Gasteiger partial charge in [-0.25, -0.2) is 0 Å². The maximum Gasteiger partial charge on any atom is 0.317 e. The third-order valence-corrected chi connectivity index (χ3v) is 3.48. The molecule has 1 aliphatic rings. The average Bonchev–Trinajstić information content (AvgIpc) is 2.37. The summed E-state index contributed by atoms with van der Waals surface area (Å²) in [7, 11) is 0. The van der Waals surface area contributed by atoms with Gasteiger partial charge in [0.15, 0.2) is 0 Å². The molecule has 0 aromatic heterocycles. The van der Waals surface area contributed by atoms with Crippen molar-refractivity contribution < 1.29 is 9.90 Å². The fourth-order valence-corrected chi connectivity index (χ4v) is 2.56. The second-order valence-corrected chi connectivity index (χ2v) is 4.92. The first-order valence-corrected chi connectivity index (χ1v) is 6.49. The first kappa shape index (κ1) is 13.2. The van der Waals surface area contributed by atoms with Gasteiger partial charge in [0, 0.05) is 19.1 Å². The van der Waals surface area contributed by atoms with E-state index in [1.54, 1.807) is 0 Å². The molecule has 18 heavy (non-hydrogen) atoms. The second-order valence-electron chi connectivity index (χ2n) is 4.51. The van der Waals surface area contributed by atoms with Crippen LogP contribution in [-0.4, -0.2) is 36.8 Å². The van der Waals surface area contributed by atoms with Crippen LogP contribution in [0, 0.1) is 0 Å². The average molecular weight is 269 g/mol. The summed E-state index contributed by atoms with van der Waals surface area (Å²) in [5.74, 6) is -0.815. The summed E-state index contributed by atoms with van der Waals surface area (Å²) in [6.07, 6.45) is 2.05. The Bertz CT molecular complexity index is 425. The molecule has 1 heterocycles. The number of carboxylic acids is 1. The van der Waals surface area contributed by atoms with Gasteiger partial charge in [0.05, 0.1) is 17.3 Å². The Labute approximate surface area is 112 Å². The molecule has 1 aromatic rings. The van der Waals surface area contributed by atoms with Gasteiger partial charge in [0.25, 0.3) is 0 Å². The van der Waals surface area contributed by atoms with E-state index in [-0.39, 0.29) is 12.6 Å². The van der Waals surface area contributed by atoms with Gasteiger partial charge in [0.2, 0.25) is 0 Å². The summed E-state index contributed by atoms with van der Waals surface area (Å²) in [4.78, 5) is 12.8. The fraction of sp³-hybridized carbons (Fsp3) is 0.462. The summed E-state index contributed by atoms with van der Waals surface area (Å²) < 4.78 is 0. The van der Waals surface area contributed by atoms with Crippen molar-refractivity contribution in [1.82, 2.24) is 5.32 Å². The van der Waals surface area contributed by atoms with Crippen LogP contribution >= 0.6 is 11.6 Å². The Morgan fingerprint density at radius 2 is 2.28 bits per heavy atom. The predicted molar refractivity (Wildman–Crippen MR) is 72.3 cm³/mol. The molecule has 1 unspecified atom stereocenters. The van der Waals surface area contributed by atoms with Crippen LogP contribution in [0.25, 0.3) is 0 Å². The number of anilines is 1. The lowest BCUT2D eigenvalue weighted by Gasteiger charge is -2.35. The Kier molecular flexibility index (Phi) is 4.44. The summed E-state index contributed by atoms with van der Waals surface area (Å²) in [6, 6.07) is 7.98. The third kappa shape index (κ3) is 3.37. The Hall–Kier alpha value is -1.26. The smallest absolute Gasteiger partial charge is 0.317 e. The Morgan fingerprint density at radius 1 is 1.50 bits per heavy atom. The van der Waals surface area contributed by atoms with Crippen LogP contribution in [-0.2, 0) is 4.79 Å². The molecule has 1 aliphatic heterocycles. The SMILES string of the molecule is O=C(O)CNC1CCCN(c2ccccc2Cl)C1. The normalized spacial score (nSPS) is 19.8. The molecule has 4 nitrogen and oxygen atoms in total. The number of hydrogen-bond acceptors (Lipinski definition) is 3. The minimum Gasteiger partial charge on any atom is -0.480 e. The number of nitrogens with one attached hydrogen (secondary N) is 1. The minimum absolute atomic E-state index is 0.0149. The molecule has 0 bridgehead atoms. The lowest BCUT2D eigenvalue weighted by Crippen LogP contribution is -2.47. The topological polar surface area (TPSA) is 52.6 Å². The number of aliphatic carboxylic acids is 1. The van der Waals surface area contributed by atoms with Crippen molar-refractivity contribution in [3.8, 4) is 0 Å². The van der Waals surface area contributed by atoms with Crippen LogP contribution in [0.4, 0.5) is 5.69 Å². The van der Waals surface area contributed by atoms with Gasteiger partial charge in [-0.05, 0) is 25.0 Å². The van der Waals surface area contributed by atoms with Crippen molar-refractivity contribution in [3.63, 3.8) is 0 Å². The van der Waals surface area contributed by atoms with E-state index in [4.69, 9.17) is 16.7 Å². The van der Waals surface area contributed by atoms with Gasteiger partial charge in [0.1, 0.15) is 0 Å². The van der Waals surface area contributed by atoms with Crippen molar-refractivity contribution in [2.75, 3.05) is 24.5 Å². The van der Waals surface area contributed by atoms with E-state index in [1.807, 2.05) is 24.3 Å². The summed E-state index contributed by atoms with van der Waals surface area (Å²) in [6.45, 7) is 1.78. The van der Waals surface area contributed by atoms with Gasteiger partial charge in [-0.15, -0.1) is 0 Å². The van der Waals surface area contributed by atoms with E-state index in [9.17, 15) is 4.79 Å². The number of carboxylic acid groups (broad SMARTS) is 1. The van der Waals surface area contributed by atoms with E-state index in [0.717, 1.165) is 36.6 Å². The lowest BCUT2D eigenvalue weighted by atomic mass is 10.0. The number of para-hydroxylation sites is 1. The number of hydrogen-bond donors (Lipinski definition) is 2. The molecule has 0 aliphatic carbocycles. The van der Waals surface area contributed by atoms with Gasteiger partial charge in [-0.1, -0.05) is 23.7 Å². The van der Waals surface area contributed by atoms with Crippen molar-refractivity contribution in [2.45, 2.75) is 18.9 Å². The van der Waals surface area contributed by atoms with Gasteiger partial charge in [-0.3, -0.25) is 4.79 Å². The lowest BCUT2D eigenvalue weighted by molar-refractivity contribution is -0.136. The number of benzene rings is 1.